The van der Waals surface area contributed by atoms with Crippen LogP contribution in [0.5, 0.6) is 0 Å². The normalized spacial score (nSPS) is 10.7. The standard InChI is InChI=1S/C14H18N4O2/c1-10-4-3-5-12(6-10)7-18-14(16-11(2)17-18)9-20-8-13(15)19/h3-6H,7-9H2,1-2H3,(H2,15,19). The summed E-state index contributed by atoms with van der Waals surface area (Å²) in [4.78, 5) is 15.0. The fourth-order valence-electron chi connectivity index (χ4n) is 1.96. The molecule has 1 aromatic carbocycles. The topological polar surface area (TPSA) is 83.0 Å². The molecule has 1 heterocycles. The Labute approximate surface area is 117 Å². The first-order valence-electron chi connectivity index (χ1n) is 6.36. The maximum absolute atomic E-state index is 10.7. The Balaban J connectivity index is 2.09. The Morgan fingerprint density at radius 3 is 2.90 bits per heavy atom. The molecule has 106 valence electrons. The van der Waals surface area contributed by atoms with Crippen LogP contribution >= 0.6 is 0 Å². The van der Waals surface area contributed by atoms with Gasteiger partial charge in [-0.2, -0.15) is 5.10 Å². The molecule has 0 aliphatic rings. The molecule has 0 aliphatic heterocycles. The zero-order chi connectivity index (χ0) is 14.5. The number of benzene rings is 1. The number of hydrogen-bond acceptors (Lipinski definition) is 4. The summed E-state index contributed by atoms with van der Waals surface area (Å²) in [7, 11) is 0. The second-order valence-electron chi connectivity index (χ2n) is 4.68. The van der Waals surface area contributed by atoms with Crippen molar-refractivity contribution in [3.05, 3.63) is 47.0 Å². The predicted octanol–water partition coefficient (Wildman–Crippen LogP) is 0.945. The van der Waals surface area contributed by atoms with E-state index in [9.17, 15) is 4.79 Å². The van der Waals surface area contributed by atoms with E-state index in [0.29, 0.717) is 18.2 Å². The van der Waals surface area contributed by atoms with Crippen LogP contribution in [0.2, 0.25) is 0 Å². The van der Waals surface area contributed by atoms with Crippen LogP contribution in [0.4, 0.5) is 0 Å². The first kappa shape index (κ1) is 14.2. The maximum Gasteiger partial charge on any atom is 0.243 e. The Morgan fingerprint density at radius 2 is 2.20 bits per heavy atom. The molecule has 2 aromatic rings. The van der Waals surface area contributed by atoms with Gasteiger partial charge in [-0.15, -0.1) is 0 Å². The van der Waals surface area contributed by atoms with Gasteiger partial charge < -0.3 is 10.5 Å². The molecule has 0 atom stereocenters. The van der Waals surface area contributed by atoms with Crippen LogP contribution in [0.1, 0.15) is 22.8 Å². The number of aryl methyl sites for hydroxylation is 2. The summed E-state index contributed by atoms with van der Waals surface area (Å²) in [6.07, 6.45) is 0. The van der Waals surface area contributed by atoms with Crippen LogP contribution in [0.15, 0.2) is 24.3 Å². The van der Waals surface area contributed by atoms with Gasteiger partial charge in [0.05, 0.1) is 6.54 Å². The maximum atomic E-state index is 10.7. The first-order valence-corrected chi connectivity index (χ1v) is 6.36. The van der Waals surface area contributed by atoms with E-state index in [1.165, 1.54) is 5.56 Å². The van der Waals surface area contributed by atoms with Crippen molar-refractivity contribution in [1.82, 2.24) is 14.8 Å². The molecule has 0 saturated carbocycles. The molecule has 2 rings (SSSR count). The Bertz CT molecular complexity index is 607. The number of nitrogens with two attached hydrogens (primary N) is 1. The lowest BCUT2D eigenvalue weighted by Gasteiger charge is -2.07. The van der Waals surface area contributed by atoms with Crippen LogP contribution in [-0.2, 0) is 22.7 Å². The summed E-state index contributed by atoms with van der Waals surface area (Å²) < 4.78 is 6.98. The van der Waals surface area contributed by atoms with E-state index >= 15 is 0 Å². The highest BCUT2D eigenvalue weighted by atomic mass is 16.5. The average Bonchev–Trinajstić information content (AvgIpc) is 2.69. The summed E-state index contributed by atoms with van der Waals surface area (Å²) in [5, 5.41) is 4.34. The molecule has 0 fully saturated rings. The zero-order valence-corrected chi connectivity index (χ0v) is 11.7. The molecule has 6 nitrogen and oxygen atoms in total. The number of hydrogen-bond donors (Lipinski definition) is 1. The summed E-state index contributed by atoms with van der Waals surface area (Å²) in [5.74, 6) is 0.868. The van der Waals surface area contributed by atoms with Crippen molar-refractivity contribution in [3.63, 3.8) is 0 Å². The SMILES string of the molecule is Cc1cccc(Cn2nc(C)nc2COCC(N)=O)c1. The van der Waals surface area contributed by atoms with Gasteiger partial charge in [-0.25, -0.2) is 9.67 Å². The van der Waals surface area contributed by atoms with Gasteiger partial charge in [0.15, 0.2) is 5.82 Å². The smallest absolute Gasteiger partial charge is 0.243 e. The second-order valence-corrected chi connectivity index (χ2v) is 4.68. The second kappa shape index (κ2) is 6.29. The van der Waals surface area contributed by atoms with Crippen LogP contribution < -0.4 is 5.73 Å². The molecular formula is C14H18N4O2. The quantitative estimate of drug-likeness (QED) is 0.850. The highest BCUT2D eigenvalue weighted by Crippen LogP contribution is 2.08. The van der Waals surface area contributed by atoms with Gasteiger partial charge in [0.25, 0.3) is 0 Å². The number of carbonyl (C=O) groups is 1. The third kappa shape index (κ3) is 3.89. The minimum atomic E-state index is -0.494. The van der Waals surface area contributed by atoms with E-state index in [4.69, 9.17) is 10.5 Å². The molecule has 1 aromatic heterocycles. The van der Waals surface area contributed by atoms with Crippen LogP contribution in [0.25, 0.3) is 0 Å². The highest BCUT2D eigenvalue weighted by molar-refractivity contribution is 5.74. The van der Waals surface area contributed by atoms with E-state index in [2.05, 4.69) is 16.1 Å². The van der Waals surface area contributed by atoms with E-state index in [1.54, 1.807) is 4.68 Å². The van der Waals surface area contributed by atoms with E-state index < -0.39 is 5.91 Å². The molecule has 20 heavy (non-hydrogen) atoms. The number of primary amides is 1. The number of aromatic nitrogens is 3. The molecule has 0 aliphatic carbocycles. The van der Waals surface area contributed by atoms with Crippen molar-refractivity contribution in [3.8, 4) is 0 Å². The largest absolute Gasteiger partial charge is 0.368 e. The summed E-state index contributed by atoms with van der Waals surface area (Å²) in [5.41, 5.74) is 7.38. The Hall–Kier alpha value is -2.21. The van der Waals surface area contributed by atoms with Gasteiger partial charge in [0.2, 0.25) is 5.91 Å². The third-order valence-corrected chi connectivity index (χ3v) is 2.74. The number of ether oxygens (including phenoxy) is 1. The number of carbonyl (C=O) groups excluding carboxylic acids is 1. The molecule has 0 bridgehead atoms. The minimum absolute atomic E-state index is 0.115. The van der Waals surface area contributed by atoms with Gasteiger partial charge in [-0.05, 0) is 19.4 Å². The van der Waals surface area contributed by atoms with Gasteiger partial charge in [-0.3, -0.25) is 4.79 Å². The molecule has 0 unspecified atom stereocenters. The summed E-state index contributed by atoms with van der Waals surface area (Å²) in [6, 6.07) is 8.20. The van der Waals surface area contributed by atoms with Crippen molar-refractivity contribution >= 4 is 5.91 Å². The molecule has 0 spiro atoms. The van der Waals surface area contributed by atoms with Crippen LogP contribution in [-0.4, -0.2) is 27.3 Å². The molecular weight excluding hydrogens is 256 g/mol. The van der Waals surface area contributed by atoms with Crippen molar-refractivity contribution < 1.29 is 9.53 Å². The molecule has 6 heteroatoms. The zero-order valence-electron chi connectivity index (χ0n) is 11.7. The molecule has 0 radical (unpaired) electrons. The number of rotatable bonds is 6. The lowest BCUT2D eigenvalue weighted by Crippen LogP contribution is -2.19. The van der Waals surface area contributed by atoms with E-state index in [0.717, 1.165) is 5.56 Å². The Kier molecular flexibility index (Phi) is 4.47. The molecule has 2 N–H and O–H groups in total. The van der Waals surface area contributed by atoms with Gasteiger partial charge in [0.1, 0.15) is 19.0 Å². The fraction of sp³-hybridized carbons (Fsp3) is 0.357. The first-order chi connectivity index (χ1) is 9.54. The minimum Gasteiger partial charge on any atom is -0.368 e. The number of amides is 1. The molecule has 1 amide bonds. The van der Waals surface area contributed by atoms with Crippen molar-refractivity contribution in [2.45, 2.75) is 27.0 Å². The van der Waals surface area contributed by atoms with E-state index in [1.807, 2.05) is 32.0 Å². The van der Waals surface area contributed by atoms with Crippen LogP contribution in [0, 0.1) is 13.8 Å². The van der Waals surface area contributed by atoms with Crippen LogP contribution in [0.3, 0.4) is 0 Å². The van der Waals surface area contributed by atoms with Gasteiger partial charge in [0, 0.05) is 0 Å². The third-order valence-electron chi connectivity index (χ3n) is 2.74. The van der Waals surface area contributed by atoms with Gasteiger partial charge >= 0.3 is 0 Å². The van der Waals surface area contributed by atoms with Crippen molar-refractivity contribution in [1.29, 1.82) is 0 Å². The lowest BCUT2D eigenvalue weighted by atomic mass is 10.1. The highest BCUT2D eigenvalue weighted by Gasteiger charge is 2.09. The van der Waals surface area contributed by atoms with E-state index in [-0.39, 0.29) is 13.2 Å². The lowest BCUT2D eigenvalue weighted by molar-refractivity contribution is -0.123. The van der Waals surface area contributed by atoms with Crippen molar-refractivity contribution in [2.24, 2.45) is 5.73 Å². The average molecular weight is 274 g/mol. The Morgan fingerprint density at radius 1 is 1.40 bits per heavy atom. The monoisotopic (exact) mass is 274 g/mol. The number of nitrogens with zero attached hydrogens (tertiary/aromatic N) is 3. The summed E-state index contributed by atoms with van der Waals surface area (Å²) >= 11 is 0. The molecule has 0 saturated heterocycles. The predicted molar refractivity (Wildman–Crippen MR) is 73.9 cm³/mol. The van der Waals surface area contributed by atoms with Crippen molar-refractivity contribution in [2.75, 3.05) is 6.61 Å². The summed E-state index contributed by atoms with van der Waals surface area (Å²) in [6.45, 7) is 4.60. The van der Waals surface area contributed by atoms with Gasteiger partial charge in [-0.1, -0.05) is 29.8 Å². The fourth-order valence-corrected chi connectivity index (χ4v) is 1.96.